The molecule has 2 heterocycles. The smallest absolute Gasteiger partial charge is 0.403 e. The Hall–Kier alpha value is -3.41. The van der Waals surface area contributed by atoms with E-state index in [1.54, 1.807) is 12.3 Å². The van der Waals surface area contributed by atoms with Gasteiger partial charge in [0.2, 0.25) is 0 Å². The van der Waals surface area contributed by atoms with Crippen molar-refractivity contribution in [3.63, 3.8) is 0 Å². The van der Waals surface area contributed by atoms with E-state index < -0.39 is 35.5 Å². The minimum absolute atomic E-state index is 0.0395. The van der Waals surface area contributed by atoms with E-state index in [0.29, 0.717) is 12.4 Å². The first-order valence-corrected chi connectivity index (χ1v) is 10.1. The number of hydrogen-bond donors (Lipinski definition) is 3. The number of halogens is 4. The summed E-state index contributed by atoms with van der Waals surface area (Å²) < 4.78 is 56.5. The Morgan fingerprint density at radius 2 is 2.00 bits per heavy atom. The van der Waals surface area contributed by atoms with Gasteiger partial charge in [0.15, 0.2) is 17.2 Å². The third-order valence-electron chi connectivity index (χ3n) is 4.67. The lowest BCUT2D eigenvalue weighted by atomic mass is 9.91. The molecule has 1 amide bonds. The number of benzene rings is 1. The summed E-state index contributed by atoms with van der Waals surface area (Å²) in [6.45, 7) is 5.41. The lowest BCUT2D eigenvalue weighted by Gasteiger charge is -2.30. The maximum Gasteiger partial charge on any atom is 0.573 e. The van der Waals surface area contributed by atoms with Gasteiger partial charge < -0.3 is 20.5 Å². The van der Waals surface area contributed by atoms with Gasteiger partial charge in [-0.25, -0.2) is 13.9 Å². The van der Waals surface area contributed by atoms with Crippen molar-refractivity contribution in [2.75, 3.05) is 11.9 Å². The molecule has 1 unspecified atom stereocenters. The first-order chi connectivity index (χ1) is 15.4. The van der Waals surface area contributed by atoms with Crippen molar-refractivity contribution >= 4 is 17.4 Å². The van der Waals surface area contributed by atoms with Gasteiger partial charge in [-0.1, -0.05) is 13.0 Å². The zero-order valence-electron chi connectivity index (χ0n) is 18.1. The maximum absolute atomic E-state index is 14.2. The number of rotatable bonds is 8. The Kier molecular flexibility index (Phi) is 6.77. The van der Waals surface area contributed by atoms with Crippen molar-refractivity contribution in [2.45, 2.75) is 45.2 Å². The number of amides is 1. The number of aromatic nitrogens is 3. The lowest BCUT2D eigenvalue weighted by molar-refractivity contribution is -0.275. The van der Waals surface area contributed by atoms with Gasteiger partial charge in [0.25, 0.3) is 5.91 Å². The van der Waals surface area contributed by atoms with E-state index in [1.807, 2.05) is 6.92 Å². The van der Waals surface area contributed by atoms with E-state index in [2.05, 4.69) is 25.5 Å². The van der Waals surface area contributed by atoms with E-state index in [4.69, 9.17) is 0 Å². The third-order valence-corrected chi connectivity index (χ3v) is 4.67. The number of ether oxygens (including phenoxy) is 1. The van der Waals surface area contributed by atoms with Crippen LogP contribution in [0, 0.1) is 5.82 Å². The molecule has 3 rings (SSSR count). The minimum Gasteiger partial charge on any atom is -0.403 e. The van der Waals surface area contributed by atoms with Crippen LogP contribution in [0.5, 0.6) is 5.75 Å². The summed E-state index contributed by atoms with van der Waals surface area (Å²) in [5, 5.41) is 20.4. The van der Waals surface area contributed by atoms with Crippen LogP contribution in [0.15, 0.2) is 36.7 Å². The van der Waals surface area contributed by atoms with Gasteiger partial charge in [-0.2, -0.15) is 5.10 Å². The molecule has 8 nitrogen and oxygen atoms in total. The predicted octanol–water partition coefficient (Wildman–Crippen LogP) is 3.83. The molecule has 0 aliphatic carbocycles. The molecule has 2 aromatic heterocycles. The third kappa shape index (κ3) is 5.89. The molecule has 33 heavy (non-hydrogen) atoms. The van der Waals surface area contributed by atoms with E-state index >= 15 is 0 Å². The molecule has 1 aromatic carbocycles. The Bertz CT molecular complexity index is 1140. The van der Waals surface area contributed by atoms with Crippen molar-refractivity contribution in [2.24, 2.45) is 0 Å². The number of carbonyl (C=O) groups is 1. The highest BCUT2D eigenvalue weighted by atomic mass is 19.4. The normalized spacial score (nSPS) is 13.1. The zero-order chi connectivity index (χ0) is 24.4. The van der Waals surface area contributed by atoms with Crippen LogP contribution in [-0.4, -0.2) is 44.1 Å². The first-order valence-electron chi connectivity index (χ1n) is 10.1. The van der Waals surface area contributed by atoms with Crippen molar-refractivity contribution in [1.82, 2.24) is 19.9 Å². The van der Waals surface area contributed by atoms with Crippen LogP contribution in [0.2, 0.25) is 0 Å². The zero-order valence-corrected chi connectivity index (χ0v) is 18.1. The molecule has 178 valence electrons. The Labute approximate surface area is 186 Å². The fourth-order valence-corrected chi connectivity index (χ4v) is 3.16. The molecular weight excluding hydrogens is 446 g/mol. The van der Waals surface area contributed by atoms with Crippen molar-refractivity contribution < 1.29 is 32.2 Å². The van der Waals surface area contributed by atoms with Gasteiger partial charge in [-0.05, 0) is 44.0 Å². The van der Waals surface area contributed by atoms with Crippen LogP contribution in [0.3, 0.4) is 0 Å². The van der Waals surface area contributed by atoms with Crippen molar-refractivity contribution in [3.8, 4) is 5.75 Å². The standard InChI is InChI=1S/C21H23F4N5O3/c1-4-8-26-16-7-9-30-18(28-16)13(11-27-30)19(31)29-17(20(2,3)32)12-5-6-15(14(22)10-12)33-21(23,24)25/h5-7,9-11,17,32H,4,8H2,1-3H3,(H,26,28)(H,29,31). The molecule has 0 aliphatic heterocycles. The van der Waals surface area contributed by atoms with Gasteiger partial charge in [-0.3, -0.25) is 4.79 Å². The number of nitrogens with one attached hydrogen (secondary N) is 2. The summed E-state index contributed by atoms with van der Waals surface area (Å²) >= 11 is 0. The van der Waals surface area contributed by atoms with Gasteiger partial charge in [-0.15, -0.1) is 13.2 Å². The van der Waals surface area contributed by atoms with E-state index in [9.17, 15) is 27.5 Å². The molecule has 3 N–H and O–H groups in total. The maximum atomic E-state index is 14.2. The summed E-state index contributed by atoms with van der Waals surface area (Å²) in [5.41, 5.74) is -1.21. The molecular formula is C21H23F4N5O3. The minimum atomic E-state index is -5.06. The van der Waals surface area contributed by atoms with Gasteiger partial charge in [0.05, 0.1) is 17.8 Å². The Morgan fingerprint density at radius 3 is 2.61 bits per heavy atom. The SMILES string of the molecule is CCCNc1ccn2ncc(C(=O)NC(c3ccc(OC(F)(F)F)c(F)c3)C(C)(C)O)c2n1. The van der Waals surface area contributed by atoms with Crippen molar-refractivity contribution in [3.05, 3.63) is 53.6 Å². The highest BCUT2D eigenvalue weighted by Crippen LogP contribution is 2.31. The first kappa shape index (κ1) is 24.2. The fraction of sp³-hybridized carbons (Fsp3) is 0.381. The number of anilines is 1. The largest absolute Gasteiger partial charge is 0.573 e. The van der Waals surface area contributed by atoms with E-state index in [-0.39, 0.29) is 16.8 Å². The van der Waals surface area contributed by atoms with Crippen LogP contribution in [0.1, 0.15) is 49.2 Å². The summed E-state index contributed by atoms with van der Waals surface area (Å²) in [6, 6.07) is 3.21. The van der Waals surface area contributed by atoms with Gasteiger partial charge >= 0.3 is 6.36 Å². The molecule has 0 bridgehead atoms. The number of aliphatic hydroxyl groups is 1. The topological polar surface area (TPSA) is 101 Å². The molecule has 0 saturated heterocycles. The number of fused-ring (bicyclic) bond motifs is 1. The molecule has 3 aromatic rings. The fourth-order valence-electron chi connectivity index (χ4n) is 3.16. The average molecular weight is 469 g/mol. The van der Waals surface area contributed by atoms with Gasteiger partial charge in [0, 0.05) is 12.7 Å². The summed E-state index contributed by atoms with van der Waals surface area (Å²) in [4.78, 5) is 17.4. The monoisotopic (exact) mass is 469 g/mol. The summed E-state index contributed by atoms with van der Waals surface area (Å²) in [6.07, 6.45) is -1.27. The molecule has 0 saturated carbocycles. The lowest BCUT2D eigenvalue weighted by Crippen LogP contribution is -2.42. The molecule has 12 heteroatoms. The van der Waals surface area contributed by atoms with Crippen molar-refractivity contribution in [1.29, 1.82) is 0 Å². The number of carbonyl (C=O) groups excluding carboxylic acids is 1. The number of nitrogens with zero attached hydrogens (tertiary/aromatic N) is 3. The number of hydrogen-bond acceptors (Lipinski definition) is 6. The Morgan fingerprint density at radius 1 is 1.27 bits per heavy atom. The summed E-state index contributed by atoms with van der Waals surface area (Å²) in [7, 11) is 0. The second-order valence-electron chi connectivity index (χ2n) is 7.86. The highest BCUT2D eigenvalue weighted by molar-refractivity contribution is 6.00. The van der Waals surface area contributed by atoms with Crippen LogP contribution < -0.4 is 15.4 Å². The van der Waals surface area contributed by atoms with E-state index in [1.165, 1.54) is 24.6 Å². The van der Waals surface area contributed by atoms with Crippen LogP contribution in [-0.2, 0) is 0 Å². The highest BCUT2D eigenvalue weighted by Gasteiger charge is 2.34. The average Bonchev–Trinajstić information content (AvgIpc) is 3.13. The molecule has 1 atom stereocenters. The second-order valence-corrected chi connectivity index (χ2v) is 7.86. The summed E-state index contributed by atoms with van der Waals surface area (Å²) in [5.74, 6) is -2.43. The predicted molar refractivity (Wildman–Crippen MR) is 111 cm³/mol. The van der Waals surface area contributed by atoms with Gasteiger partial charge in [0.1, 0.15) is 11.4 Å². The molecule has 0 aliphatic rings. The Balaban J connectivity index is 1.90. The quantitative estimate of drug-likeness (QED) is 0.434. The molecule has 0 spiro atoms. The van der Waals surface area contributed by atoms with Crippen LogP contribution >= 0.6 is 0 Å². The van der Waals surface area contributed by atoms with Crippen LogP contribution in [0.25, 0.3) is 5.65 Å². The van der Waals surface area contributed by atoms with E-state index in [0.717, 1.165) is 24.6 Å². The second kappa shape index (κ2) is 9.22. The molecule has 0 radical (unpaired) electrons. The van der Waals surface area contributed by atoms with Crippen LogP contribution in [0.4, 0.5) is 23.4 Å². The molecule has 0 fully saturated rings. The number of alkyl halides is 3.